The molecule has 0 bridgehead atoms. The van der Waals surface area contributed by atoms with Gasteiger partial charge in [0.25, 0.3) is 0 Å². The number of aryl methyl sites for hydroxylation is 1. The molecule has 2 aromatic heterocycles. The highest BCUT2D eigenvalue weighted by Crippen LogP contribution is 2.28. The van der Waals surface area contributed by atoms with Gasteiger partial charge in [0.15, 0.2) is 5.65 Å². The van der Waals surface area contributed by atoms with E-state index in [-0.39, 0.29) is 17.9 Å². The molecule has 34 heavy (non-hydrogen) atoms. The molecule has 6 nitrogen and oxygen atoms in total. The molecule has 1 aliphatic heterocycles. The smallest absolute Gasteiger partial charge is 0.223 e. The van der Waals surface area contributed by atoms with Crippen molar-refractivity contribution in [3.63, 3.8) is 0 Å². The fraction of sp³-hybridized carbons (Fsp3) is 0.296. The molecular formula is C27H28ClN5O. The van der Waals surface area contributed by atoms with Gasteiger partial charge in [0.05, 0.1) is 11.7 Å². The summed E-state index contributed by atoms with van der Waals surface area (Å²) in [5.74, 6) is 1.17. The standard InChI is InChI=1S/C27H28ClN5O/c1-18-16-26(33-25(29-18)17-24(31-33)21-8-10-23(28)11-9-21)32-14-12-22(13-15-32)27(34)30-19(2)20-6-4-3-5-7-20/h3-11,16-17,19,22H,12-15H2,1-2H3,(H,30,34). The van der Waals surface area contributed by atoms with E-state index in [2.05, 4.69) is 21.3 Å². The van der Waals surface area contributed by atoms with E-state index in [1.165, 1.54) is 0 Å². The van der Waals surface area contributed by atoms with Crippen molar-refractivity contribution < 1.29 is 4.79 Å². The highest BCUT2D eigenvalue weighted by atomic mass is 35.5. The number of hydrogen-bond donors (Lipinski definition) is 1. The van der Waals surface area contributed by atoms with Crippen molar-refractivity contribution in [1.29, 1.82) is 0 Å². The zero-order valence-electron chi connectivity index (χ0n) is 19.4. The zero-order valence-corrected chi connectivity index (χ0v) is 20.2. The molecule has 0 radical (unpaired) electrons. The van der Waals surface area contributed by atoms with E-state index in [4.69, 9.17) is 16.7 Å². The molecule has 0 aliphatic carbocycles. The summed E-state index contributed by atoms with van der Waals surface area (Å²) in [6.07, 6.45) is 1.61. The number of halogens is 1. The van der Waals surface area contributed by atoms with E-state index < -0.39 is 0 Å². The molecule has 7 heteroatoms. The van der Waals surface area contributed by atoms with E-state index in [1.807, 2.05) is 79.0 Å². The largest absolute Gasteiger partial charge is 0.356 e. The molecular weight excluding hydrogens is 446 g/mol. The maximum atomic E-state index is 12.9. The first-order valence-electron chi connectivity index (χ1n) is 11.7. The number of nitrogens with one attached hydrogen (secondary N) is 1. The van der Waals surface area contributed by atoms with E-state index >= 15 is 0 Å². The topological polar surface area (TPSA) is 62.5 Å². The third-order valence-electron chi connectivity index (χ3n) is 6.52. The normalized spacial score (nSPS) is 15.4. The van der Waals surface area contributed by atoms with Crippen LogP contribution in [-0.2, 0) is 4.79 Å². The van der Waals surface area contributed by atoms with Crippen molar-refractivity contribution in [2.75, 3.05) is 18.0 Å². The number of nitrogens with zero attached hydrogens (tertiary/aromatic N) is 4. The van der Waals surface area contributed by atoms with Gasteiger partial charge in [-0.3, -0.25) is 4.79 Å². The van der Waals surface area contributed by atoms with Crippen molar-refractivity contribution in [2.45, 2.75) is 32.7 Å². The quantitative estimate of drug-likeness (QED) is 0.418. The molecule has 0 spiro atoms. The van der Waals surface area contributed by atoms with Gasteiger partial charge in [-0.25, -0.2) is 4.98 Å². The molecule has 1 aliphatic rings. The first kappa shape index (κ1) is 22.4. The maximum Gasteiger partial charge on any atom is 0.223 e. The van der Waals surface area contributed by atoms with Gasteiger partial charge in [-0.05, 0) is 44.4 Å². The Balaban J connectivity index is 1.30. The molecule has 1 saturated heterocycles. The number of carbonyl (C=O) groups is 1. The Bertz CT molecular complexity index is 1290. The van der Waals surface area contributed by atoms with Crippen LogP contribution in [0.4, 0.5) is 5.82 Å². The van der Waals surface area contributed by atoms with Gasteiger partial charge in [-0.1, -0.05) is 54.1 Å². The fourth-order valence-electron chi connectivity index (χ4n) is 4.59. The number of amides is 1. The molecule has 3 heterocycles. The lowest BCUT2D eigenvalue weighted by Crippen LogP contribution is -2.41. The number of aromatic nitrogens is 3. The minimum atomic E-state index is 0.00423. The second kappa shape index (κ2) is 9.47. The van der Waals surface area contributed by atoms with Crippen molar-refractivity contribution >= 4 is 29.0 Å². The van der Waals surface area contributed by atoms with Crippen LogP contribution >= 0.6 is 11.6 Å². The Morgan fingerprint density at radius 2 is 1.76 bits per heavy atom. The number of anilines is 1. The van der Waals surface area contributed by atoms with Crippen molar-refractivity contribution in [2.24, 2.45) is 5.92 Å². The predicted octanol–water partition coefficient (Wildman–Crippen LogP) is 5.45. The summed E-state index contributed by atoms with van der Waals surface area (Å²) in [5.41, 5.74) is 4.75. The monoisotopic (exact) mass is 473 g/mol. The lowest BCUT2D eigenvalue weighted by atomic mass is 9.95. The first-order chi connectivity index (χ1) is 16.5. The summed E-state index contributed by atoms with van der Waals surface area (Å²) in [5, 5.41) is 8.74. The number of benzene rings is 2. The van der Waals surface area contributed by atoms with E-state index in [0.29, 0.717) is 5.02 Å². The molecule has 1 unspecified atom stereocenters. The van der Waals surface area contributed by atoms with Gasteiger partial charge >= 0.3 is 0 Å². The second-order valence-electron chi connectivity index (χ2n) is 8.96. The van der Waals surface area contributed by atoms with E-state index in [1.54, 1.807) is 0 Å². The molecule has 174 valence electrons. The number of rotatable bonds is 5. The fourth-order valence-corrected chi connectivity index (χ4v) is 4.72. The third kappa shape index (κ3) is 4.64. The summed E-state index contributed by atoms with van der Waals surface area (Å²) < 4.78 is 1.91. The minimum absolute atomic E-state index is 0.00423. The van der Waals surface area contributed by atoms with Crippen LogP contribution in [0, 0.1) is 12.8 Å². The van der Waals surface area contributed by atoms with Crippen LogP contribution in [-0.4, -0.2) is 33.6 Å². The van der Waals surface area contributed by atoms with Crippen LogP contribution in [0.1, 0.15) is 37.1 Å². The van der Waals surface area contributed by atoms with Crippen LogP contribution in [0.2, 0.25) is 5.02 Å². The molecule has 1 N–H and O–H groups in total. The minimum Gasteiger partial charge on any atom is -0.356 e. The predicted molar refractivity (Wildman–Crippen MR) is 136 cm³/mol. The van der Waals surface area contributed by atoms with Crippen LogP contribution < -0.4 is 10.2 Å². The van der Waals surface area contributed by atoms with Crippen LogP contribution in [0.3, 0.4) is 0 Å². The Morgan fingerprint density at radius 3 is 2.47 bits per heavy atom. The molecule has 1 amide bonds. The van der Waals surface area contributed by atoms with Gasteiger partial charge < -0.3 is 10.2 Å². The number of fused-ring (bicyclic) bond motifs is 1. The Hall–Kier alpha value is -3.38. The van der Waals surface area contributed by atoms with Gasteiger partial charge in [0.2, 0.25) is 5.91 Å². The summed E-state index contributed by atoms with van der Waals surface area (Å²) in [6, 6.07) is 21.9. The average Bonchev–Trinajstić information content (AvgIpc) is 3.28. The van der Waals surface area contributed by atoms with Crippen LogP contribution in [0.5, 0.6) is 0 Å². The lowest BCUT2D eigenvalue weighted by Gasteiger charge is -2.33. The molecule has 2 aromatic carbocycles. The van der Waals surface area contributed by atoms with Gasteiger partial charge in [-0.2, -0.15) is 9.61 Å². The summed E-state index contributed by atoms with van der Waals surface area (Å²) in [4.78, 5) is 19.9. The lowest BCUT2D eigenvalue weighted by molar-refractivity contribution is -0.126. The zero-order chi connectivity index (χ0) is 23.7. The average molecular weight is 474 g/mol. The number of piperidine rings is 1. The van der Waals surface area contributed by atoms with Crippen molar-refractivity contribution in [1.82, 2.24) is 19.9 Å². The van der Waals surface area contributed by atoms with Gasteiger partial charge in [0, 0.05) is 47.4 Å². The van der Waals surface area contributed by atoms with E-state index in [0.717, 1.165) is 59.9 Å². The van der Waals surface area contributed by atoms with Gasteiger partial charge in [-0.15, -0.1) is 0 Å². The summed E-state index contributed by atoms with van der Waals surface area (Å²) >= 11 is 6.05. The SMILES string of the molecule is Cc1cc(N2CCC(C(=O)NC(C)c3ccccc3)CC2)n2nc(-c3ccc(Cl)cc3)cc2n1. The molecule has 0 saturated carbocycles. The summed E-state index contributed by atoms with van der Waals surface area (Å²) in [6.45, 7) is 5.64. The number of hydrogen-bond acceptors (Lipinski definition) is 4. The van der Waals surface area contributed by atoms with Crippen LogP contribution in [0.25, 0.3) is 16.9 Å². The van der Waals surface area contributed by atoms with E-state index in [9.17, 15) is 4.79 Å². The Morgan fingerprint density at radius 1 is 1.06 bits per heavy atom. The second-order valence-corrected chi connectivity index (χ2v) is 9.40. The van der Waals surface area contributed by atoms with Crippen molar-refractivity contribution in [3.8, 4) is 11.3 Å². The third-order valence-corrected chi connectivity index (χ3v) is 6.78. The number of carbonyl (C=O) groups excluding carboxylic acids is 1. The Labute approximate surface area is 204 Å². The molecule has 1 atom stereocenters. The van der Waals surface area contributed by atoms with Gasteiger partial charge in [0.1, 0.15) is 5.82 Å². The highest BCUT2D eigenvalue weighted by Gasteiger charge is 2.27. The van der Waals surface area contributed by atoms with Crippen LogP contribution in [0.15, 0.2) is 66.7 Å². The summed E-state index contributed by atoms with van der Waals surface area (Å²) in [7, 11) is 0. The van der Waals surface area contributed by atoms with Crippen molar-refractivity contribution in [3.05, 3.63) is 83.0 Å². The maximum absolute atomic E-state index is 12.9. The highest BCUT2D eigenvalue weighted by molar-refractivity contribution is 6.30. The molecule has 4 aromatic rings. The molecule has 5 rings (SSSR count). The molecule has 1 fully saturated rings. The first-order valence-corrected chi connectivity index (χ1v) is 12.1. The Kier molecular flexibility index (Phi) is 6.24.